The van der Waals surface area contributed by atoms with Crippen molar-refractivity contribution in [3.8, 4) is 0 Å². The first-order chi connectivity index (χ1) is 8.78. The van der Waals surface area contributed by atoms with Crippen LogP contribution in [0.5, 0.6) is 0 Å². The minimum Gasteiger partial charge on any atom is -0.384 e. The van der Waals surface area contributed by atoms with Gasteiger partial charge in [-0.1, -0.05) is 0 Å². The van der Waals surface area contributed by atoms with E-state index in [2.05, 4.69) is 15.3 Å². The normalized spacial score (nSPS) is 19.1. The van der Waals surface area contributed by atoms with Crippen molar-refractivity contribution in [2.45, 2.75) is 19.4 Å². The van der Waals surface area contributed by atoms with Crippen LogP contribution in [-0.2, 0) is 16.1 Å². The minimum absolute atomic E-state index is 0.371. The zero-order valence-corrected chi connectivity index (χ0v) is 10.7. The highest BCUT2D eigenvalue weighted by molar-refractivity contribution is 5.44. The molecule has 6 nitrogen and oxygen atoms in total. The minimum atomic E-state index is 0.371. The molecule has 0 saturated carbocycles. The molecule has 1 unspecified atom stereocenters. The molecule has 0 aliphatic carbocycles. The van der Waals surface area contributed by atoms with Crippen LogP contribution in [0.1, 0.15) is 18.7 Å². The first-order valence-electron chi connectivity index (χ1n) is 6.22. The highest BCUT2D eigenvalue weighted by Crippen LogP contribution is 2.16. The third-order valence-electron chi connectivity index (χ3n) is 2.95. The second kappa shape index (κ2) is 6.51. The van der Waals surface area contributed by atoms with E-state index in [-0.39, 0.29) is 0 Å². The summed E-state index contributed by atoms with van der Waals surface area (Å²) in [5.74, 6) is 2.48. The van der Waals surface area contributed by atoms with E-state index >= 15 is 0 Å². The first kappa shape index (κ1) is 13.0. The standard InChI is InChI=1S/C12H20N4O2/c1-17-8-12-15-10(13)6-11(16-12)14-4-2-9-3-5-18-7-9/h6,9H,2-5,7-8H2,1H3,(H3,13,14,15,16). The highest BCUT2D eigenvalue weighted by Gasteiger charge is 2.14. The fraction of sp³-hybridized carbons (Fsp3) is 0.667. The second-order valence-corrected chi connectivity index (χ2v) is 4.47. The summed E-state index contributed by atoms with van der Waals surface area (Å²) in [5, 5.41) is 3.27. The van der Waals surface area contributed by atoms with E-state index in [1.807, 2.05) is 0 Å². The lowest BCUT2D eigenvalue weighted by atomic mass is 10.1. The number of hydrogen-bond acceptors (Lipinski definition) is 6. The predicted molar refractivity (Wildman–Crippen MR) is 69.2 cm³/mol. The largest absolute Gasteiger partial charge is 0.384 e. The molecular formula is C12H20N4O2. The van der Waals surface area contributed by atoms with Gasteiger partial charge < -0.3 is 20.5 Å². The van der Waals surface area contributed by atoms with Crippen LogP contribution in [0.3, 0.4) is 0 Å². The number of ether oxygens (including phenoxy) is 2. The van der Waals surface area contributed by atoms with Crippen molar-refractivity contribution < 1.29 is 9.47 Å². The van der Waals surface area contributed by atoms with Crippen molar-refractivity contribution in [1.29, 1.82) is 0 Å². The number of nitrogens with two attached hydrogens (primary N) is 1. The summed E-state index contributed by atoms with van der Waals surface area (Å²) >= 11 is 0. The summed E-state index contributed by atoms with van der Waals surface area (Å²) in [6.45, 7) is 3.01. The summed E-state index contributed by atoms with van der Waals surface area (Å²) in [7, 11) is 1.61. The number of nitrogens with one attached hydrogen (secondary N) is 1. The van der Waals surface area contributed by atoms with E-state index in [9.17, 15) is 0 Å². The number of rotatable bonds is 6. The number of aromatic nitrogens is 2. The van der Waals surface area contributed by atoms with Crippen LogP contribution in [-0.4, -0.2) is 36.8 Å². The fourth-order valence-electron chi connectivity index (χ4n) is 2.02. The maximum absolute atomic E-state index is 5.72. The van der Waals surface area contributed by atoms with Gasteiger partial charge in [0.05, 0.1) is 0 Å². The topological polar surface area (TPSA) is 82.3 Å². The van der Waals surface area contributed by atoms with Gasteiger partial charge >= 0.3 is 0 Å². The van der Waals surface area contributed by atoms with Crippen LogP contribution in [0.25, 0.3) is 0 Å². The first-order valence-corrected chi connectivity index (χ1v) is 6.22. The molecule has 6 heteroatoms. The smallest absolute Gasteiger partial charge is 0.158 e. The summed E-state index contributed by atoms with van der Waals surface area (Å²) in [4.78, 5) is 8.42. The average molecular weight is 252 g/mol. The monoisotopic (exact) mass is 252 g/mol. The molecule has 1 atom stereocenters. The molecule has 18 heavy (non-hydrogen) atoms. The van der Waals surface area contributed by atoms with Gasteiger partial charge in [-0.25, -0.2) is 9.97 Å². The average Bonchev–Trinajstić information content (AvgIpc) is 2.82. The van der Waals surface area contributed by atoms with Crippen molar-refractivity contribution in [2.24, 2.45) is 5.92 Å². The van der Waals surface area contributed by atoms with Crippen LogP contribution in [0.2, 0.25) is 0 Å². The molecule has 1 fully saturated rings. The molecule has 0 amide bonds. The predicted octanol–water partition coefficient (Wildman–Crippen LogP) is 1.04. The summed E-state index contributed by atoms with van der Waals surface area (Å²) in [5.41, 5.74) is 5.72. The Labute approximate surface area is 107 Å². The Kier molecular flexibility index (Phi) is 4.72. The number of hydrogen-bond donors (Lipinski definition) is 2. The third-order valence-corrected chi connectivity index (χ3v) is 2.95. The quantitative estimate of drug-likeness (QED) is 0.787. The fourth-order valence-corrected chi connectivity index (χ4v) is 2.02. The van der Waals surface area contributed by atoms with E-state index in [4.69, 9.17) is 15.2 Å². The van der Waals surface area contributed by atoms with Gasteiger partial charge in [-0.2, -0.15) is 0 Å². The van der Waals surface area contributed by atoms with Gasteiger partial charge in [-0.05, 0) is 18.8 Å². The highest BCUT2D eigenvalue weighted by atomic mass is 16.5. The molecule has 2 rings (SSSR count). The zero-order chi connectivity index (χ0) is 12.8. The van der Waals surface area contributed by atoms with Crippen molar-refractivity contribution in [1.82, 2.24) is 9.97 Å². The van der Waals surface area contributed by atoms with Crippen LogP contribution in [0, 0.1) is 5.92 Å². The van der Waals surface area contributed by atoms with E-state index in [1.165, 1.54) is 0 Å². The molecule has 1 aliphatic heterocycles. The van der Waals surface area contributed by atoms with E-state index < -0.39 is 0 Å². The molecule has 1 aliphatic rings. The van der Waals surface area contributed by atoms with Crippen molar-refractivity contribution >= 4 is 11.6 Å². The molecule has 3 N–H and O–H groups in total. The molecule has 1 aromatic rings. The van der Waals surface area contributed by atoms with Gasteiger partial charge in [0.25, 0.3) is 0 Å². The third kappa shape index (κ3) is 3.82. The Morgan fingerprint density at radius 2 is 2.44 bits per heavy atom. The molecule has 0 aromatic carbocycles. The molecule has 1 saturated heterocycles. The Balaban J connectivity index is 1.83. The van der Waals surface area contributed by atoms with Gasteiger partial charge in [-0.3, -0.25) is 0 Å². The Bertz CT molecular complexity index is 380. The molecule has 1 aromatic heterocycles. The Morgan fingerprint density at radius 1 is 1.56 bits per heavy atom. The maximum Gasteiger partial charge on any atom is 0.158 e. The maximum atomic E-state index is 5.72. The molecule has 0 bridgehead atoms. The lowest BCUT2D eigenvalue weighted by molar-refractivity contribution is 0.178. The molecule has 2 heterocycles. The van der Waals surface area contributed by atoms with E-state index in [0.717, 1.165) is 38.4 Å². The lowest BCUT2D eigenvalue weighted by Gasteiger charge is -2.10. The van der Waals surface area contributed by atoms with Crippen molar-refractivity contribution in [3.63, 3.8) is 0 Å². The van der Waals surface area contributed by atoms with Crippen LogP contribution in [0.15, 0.2) is 6.07 Å². The Hall–Kier alpha value is -1.40. The van der Waals surface area contributed by atoms with Gasteiger partial charge in [0, 0.05) is 32.9 Å². The lowest BCUT2D eigenvalue weighted by Crippen LogP contribution is -2.11. The number of methoxy groups -OCH3 is 1. The van der Waals surface area contributed by atoms with E-state index in [1.54, 1.807) is 13.2 Å². The van der Waals surface area contributed by atoms with Crippen LogP contribution in [0.4, 0.5) is 11.6 Å². The zero-order valence-electron chi connectivity index (χ0n) is 10.7. The van der Waals surface area contributed by atoms with Gasteiger partial charge in [0.15, 0.2) is 5.82 Å². The van der Waals surface area contributed by atoms with Crippen LogP contribution >= 0.6 is 0 Å². The number of nitrogens with zero attached hydrogens (tertiary/aromatic N) is 2. The van der Waals surface area contributed by atoms with Crippen molar-refractivity contribution in [2.75, 3.05) is 37.9 Å². The second-order valence-electron chi connectivity index (χ2n) is 4.47. The molecule has 0 spiro atoms. The van der Waals surface area contributed by atoms with Crippen molar-refractivity contribution in [3.05, 3.63) is 11.9 Å². The summed E-state index contributed by atoms with van der Waals surface area (Å²) in [6.07, 6.45) is 2.24. The summed E-state index contributed by atoms with van der Waals surface area (Å²) in [6, 6.07) is 1.74. The molecule has 100 valence electrons. The summed E-state index contributed by atoms with van der Waals surface area (Å²) < 4.78 is 10.3. The van der Waals surface area contributed by atoms with E-state index in [0.29, 0.717) is 24.2 Å². The Morgan fingerprint density at radius 3 is 3.17 bits per heavy atom. The van der Waals surface area contributed by atoms with Crippen LogP contribution < -0.4 is 11.1 Å². The molecule has 0 radical (unpaired) electrons. The number of nitrogen functional groups attached to an aromatic ring is 1. The molecular weight excluding hydrogens is 232 g/mol. The SMILES string of the molecule is COCc1nc(N)cc(NCCC2CCOC2)n1. The van der Waals surface area contributed by atoms with Gasteiger partial charge in [0.2, 0.25) is 0 Å². The van der Waals surface area contributed by atoms with Gasteiger partial charge in [-0.15, -0.1) is 0 Å². The van der Waals surface area contributed by atoms with Gasteiger partial charge in [0.1, 0.15) is 18.2 Å². The number of anilines is 2.